The molecule has 0 atom stereocenters. The Kier molecular flexibility index (Phi) is 12.4. The number of hydrazine groups is 2. The lowest BCUT2D eigenvalue weighted by molar-refractivity contribution is -0.118. The number of rotatable bonds is 3. The van der Waals surface area contributed by atoms with E-state index in [1.165, 1.54) is 0 Å². The monoisotopic (exact) mass is 206 g/mol. The van der Waals surface area contributed by atoms with E-state index in [9.17, 15) is 9.59 Å². The number of aliphatic hydroxyl groups excluding tert-OH is 2. The van der Waals surface area contributed by atoms with Crippen molar-refractivity contribution in [2.45, 2.75) is 0 Å². The van der Waals surface area contributed by atoms with E-state index in [1.54, 1.807) is 10.9 Å². The minimum Gasteiger partial charge on any atom is -0.394 e. The van der Waals surface area contributed by atoms with Crippen LogP contribution in [0.15, 0.2) is 12.2 Å². The van der Waals surface area contributed by atoms with Crippen LogP contribution in [0.3, 0.4) is 0 Å². The first-order valence-corrected chi connectivity index (χ1v) is 3.53. The number of amides is 2. The smallest absolute Gasteiger partial charge is 0.258 e. The molecule has 0 spiro atoms. The summed E-state index contributed by atoms with van der Waals surface area (Å²) in [6, 6.07) is 0. The maximum Gasteiger partial charge on any atom is 0.258 e. The molecule has 0 unspecified atom stereocenters. The molecule has 0 radical (unpaired) electrons. The van der Waals surface area contributed by atoms with E-state index in [4.69, 9.17) is 10.2 Å². The van der Waals surface area contributed by atoms with Crippen molar-refractivity contribution < 1.29 is 19.8 Å². The Balaban J connectivity index is 0. The third-order valence-corrected chi connectivity index (χ3v) is 0.771. The molecule has 0 aliphatic carbocycles. The molecule has 0 bridgehead atoms. The van der Waals surface area contributed by atoms with Gasteiger partial charge in [-0.2, -0.15) is 0 Å². The maximum absolute atomic E-state index is 10.3. The zero-order valence-electron chi connectivity index (χ0n) is 7.43. The van der Waals surface area contributed by atoms with Gasteiger partial charge in [-0.05, 0) is 0 Å². The molecule has 0 aliphatic rings. The summed E-state index contributed by atoms with van der Waals surface area (Å²) in [7, 11) is 0. The Morgan fingerprint density at radius 1 is 1.00 bits per heavy atom. The average molecular weight is 206 g/mol. The maximum atomic E-state index is 10.3. The number of hydrogen-bond acceptors (Lipinski definition) is 6. The normalized spacial score (nSPS) is 8.86. The number of hydrogen-bond donors (Lipinski definition) is 6. The highest BCUT2D eigenvalue weighted by Crippen LogP contribution is 1.70. The van der Waals surface area contributed by atoms with Gasteiger partial charge in [-0.3, -0.25) is 20.4 Å². The van der Waals surface area contributed by atoms with E-state index >= 15 is 0 Å². The molecule has 8 N–H and O–H groups in total. The molecule has 0 rings (SSSR count). The highest BCUT2D eigenvalue weighted by atomic mass is 16.3. The van der Waals surface area contributed by atoms with Crippen LogP contribution in [0.4, 0.5) is 0 Å². The highest BCUT2D eigenvalue weighted by Gasteiger charge is 1.91. The van der Waals surface area contributed by atoms with Crippen LogP contribution in [0.25, 0.3) is 0 Å². The SMILES string of the molecule is NNC(=O)/C=C\C(=O)NN.OCCO. The van der Waals surface area contributed by atoms with Gasteiger partial charge in [-0.1, -0.05) is 0 Å². The lowest BCUT2D eigenvalue weighted by Gasteiger charge is -1.89. The van der Waals surface area contributed by atoms with Crippen molar-refractivity contribution in [1.29, 1.82) is 0 Å². The fourth-order valence-electron chi connectivity index (χ4n) is 0.248. The van der Waals surface area contributed by atoms with Crippen molar-refractivity contribution in [2.75, 3.05) is 13.2 Å². The van der Waals surface area contributed by atoms with Gasteiger partial charge < -0.3 is 10.2 Å². The van der Waals surface area contributed by atoms with Crippen molar-refractivity contribution in [2.24, 2.45) is 11.7 Å². The fraction of sp³-hybridized carbons (Fsp3) is 0.333. The lowest BCUT2D eigenvalue weighted by Crippen LogP contribution is -2.30. The molecule has 8 nitrogen and oxygen atoms in total. The van der Waals surface area contributed by atoms with Crippen LogP contribution in [0.1, 0.15) is 0 Å². The lowest BCUT2D eigenvalue weighted by atomic mass is 10.4. The van der Waals surface area contributed by atoms with Crippen LogP contribution < -0.4 is 22.5 Å². The van der Waals surface area contributed by atoms with Crippen LogP contribution in [0, 0.1) is 0 Å². The second kappa shape index (κ2) is 11.5. The van der Waals surface area contributed by atoms with Crippen LogP contribution in [-0.4, -0.2) is 35.2 Å². The first-order valence-electron chi connectivity index (χ1n) is 3.53. The molecule has 0 saturated heterocycles. The second-order valence-electron chi connectivity index (χ2n) is 1.80. The van der Waals surface area contributed by atoms with E-state index in [0.717, 1.165) is 12.2 Å². The molecular formula is C6H14N4O4. The predicted molar refractivity (Wildman–Crippen MR) is 48.0 cm³/mol. The number of nitrogens with two attached hydrogens (primary N) is 2. The van der Waals surface area contributed by atoms with Gasteiger partial charge >= 0.3 is 0 Å². The predicted octanol–water partition coefficient (Wildman–Crippen LogP) is -3.51. The fourth-order valence-corrected chi connectivity index (χ4v) is 0.248. The van der Waals surface area contributed by atoms with Crippen molar-refractivity contribution in [3.8, 4) is 0 Å². The highest BCUT2D eigenvalue weighted by molar-refractivity contribution is 5.96. The van der Waals surface area contributed by atoms with Gasteiger partial charge in [-0.15, -0.1) is 0 Å². The van der Waals surface area contributed by atoms with Crippen LogP contribution in [0.2, 0.25) is 0 Å². The van der Waals surface area contributed by atoms with Crippen molar-refractivity contribution in [3.63, 3.8) is 0 Å². The Morgan fingerprint density at radius 2 is 1.29 bits per heavy atom. The molecule has 0 heterocycles. The largest absolute Gasteiger partial charge is 0.394 e. The van der Waals surface area contributed by atoms with Gasteiger partial charge in [0.2, 0.25) is 0 Å². The van der Waals surface area contributed by atoms with E-state index in [2.05, 4.69) is 11.7 Å². The number of carbonyl (C=O) groups excluding carboxylic acids is 2. The van der Waals surface area contributed by atoms with Gasteiger partial charge in [-0.25, -0.2) is 11.7 Å². The Hall–Kier alpha value is -1.48. The minimum atomic E-state index is -0.566. The zero-order valence-corrected chi connectivity index (χ0v) is 7.43. The molecule has 0 aromatic carbocycles. The van der Waals surface area contributed by atoms with Gasteiger partial charge in [0.05, 0.1) is 13.2 Å². The number of carbonyl (C=O) groups is 2. The summed E-state index contributed by atoms with van der Waals surface area (Å²) in [5, 5.41) is 15.2. The first-order chi connectivity index (χ1) is 6.62. The van der Waals surface area contributed by atoms with Gasteiger partial charge in [0.15, 0.2) is 0 Å². The van der Waals surface area contributed by atoms with Gasteiger partial charge in [0.1, 0.15) is 0 Å². The molecule has 14 heavy (non-hydrogen) atoms. The van der Waals surface area contributed by atoms with Crippen LogP contribution in [0.5, 0.6) is 0 Å². The molecular weight excluding hydrogens is 192 g/mol. The molecule has 0 aromatic rings. The molecule has 0 fully saturated rings. The summed E-state index contributed by atoms with van der Waals surface area (Å²) in [5.74, 6) is 8.24. The molecule has 2 amide bonds. The molecule has 0 aromatic heterocycles. The van der Waals surface area contributed by atoms with Crippen LogP contribution in [-0.2, 0) is 9.59 Å². The second-order valence-corrected chi connectivity index (χ2v) is 1.80. The summed E-state index contributed by atoms with van der Waals surface area (Å²) in [5.41, 5.74) is 3.60. The van der Waals surface area contributed by atoms with E-state index in [1.807, 2.05) is 0 Å². The average Bonchev–Trinajstić information content (AvgIpc) is 2.25. The summed E-state index contributed by atoms with van der Waals surface area (Å²) >= 11 is 0. The zero-order chi connectivity index (χ0) is 11.4. The molecule has 82 valence electrons. The topological polar surface area (TPSA) is 151 Å². The summed E-state index contributed by atoms with van der Waals surface area (Å²) in [6.07, 6.45) is 1.92. The summed E-state index contributed by atoms with van der Waals surface area (Å²) < 4.78 is 0. The third kappa shape index (κ3) is 13.1. The molecule has 8 heteroatoms. The van der Waals surface area contributed by atoms with Gasteiger partial charge in [0.25, 0.3) is 11.8 Å². The van der Waals surface area contributed by atoms with E-state index < -0.39 is 11.8 Å². The van der Waals surface area contributed by atoms with Gasteiger partial charge in [0, 0.05) is 12.2 Å². The number of nitrogens with one attached hydrogen (secondary N) is 2. The van der Waals surface area contributed by atoms with Crippen molar-refractivity contribution in [3.05, 3.63) is 12.2 Å². The summed E-state index contributed by atoms with van der Waals surface area (Å²) in [6.45, 7) is -0.250. The molecule has 0 aliphatic heterocycles. The van der Waals surface area contributed by atoms with E-state index in [-0.39, 0.29) is 13.2 Å². The minimum absolute atomic E-state index is 0.125. The Bertz CT molecular complexity index is 174. The summed E-state index contributed by atoms with van der Waals surface area (Å²) in [4.78, 5) is 20.6. The van der Waals surface area contributed by atoms with Crippen molar-refractivity contribution in [1.82, 2.24) is 10.9 Å². The Labute approximate surface area is 80.5 Å². The van der Waals surface area contributed by atoms with Crippen molar-refractivity contribution >= 4 is 11.8 Å². The number of aliphatic hydroxyl groups is 2. The van der Waals surface area contributed by atoms with Crippen LogP contribution >= 0.6 is 0 Å². The standard InChI is InChI=1S/C4H8N4O2.C2H6O2/c5-7-3(9)1-2-4(10)8-6;3-1-2-4/h1-2H,5-6H2,(H,7,9)(H,8,10);3-4H,1-2H2/b2-1-;. The molecule has 0 saturated carbocycles. The first kappa shape index (κ1) is 15.0. The van der Waals surface area contributed by atoms with E-state index in [0.29, 0.717) is 0 Å². The Morgan fingerprint density at radius 3 is 1.43 bits per heavy atom. The third-order valence-electron chi connectivity index (χ3n) is 0.771. The quantitative estimate of drug-likeness (QED) is 0.122.